The molecule has 0 saturated heterocycles. The van der Waals surface area contributed by atoms with E-state index in [0.717, 1.165) is 17.7 Å². The van der Waals surface area contributed by atoms with Crippen molar-refractivity contribution in [3.05, 3.63) is 59.9 Å². The molecule has 1 aromatic heterocycles. The molecule has 2 rings (SSSR count). The van der Waals surface area contributed by atoms with Crippen LogP contribution in [0.5, 0.6) is 5.75 Å². The molecule has 0 radical (unpaired) electrons. The number of rotatable bonds is 5. The van der Waals surface area contributed by atoms with Gasteiger partial charge in [-0.15, -0.1) is 0 Å². The number of hydrogen-bond acceptors (Lipinski definition) is 3. The molecule has 1 heterocycles. The molecule has 0 bridgehead atoms. The third kappa shape index (κ3) is 3.31. The summed E-state index contributed by atoms with van der Waals surface area (Å²) in [7, 11) is 0. The van der Waals surface area contributed by atoms with E-state index in [1.807, 2.05) is 43.3 Å². The van der Waals surface area contributed by atoms with Crippen LogP contribution in [0.3, 0.4) is 0 Å². The van der Waals surface area contributed by atoms with E-state index in [-0.39, 0.29) is 6.04 Å². The van der Waals surface area contributed by atoms with Gasteiger partial charge in [0.25, 0.3) is 0 Å². The summed E-state index contributed by atoms with van der Waals surface area (Å²) in [6.45, 7) is 2.66. The molecule has 0 spiro atoms. The Hall–Kier alpha value is -1.87. The monoisotopic (exact) mass is 242 g/mol. The maximum absolute atomic E-state index is 6.19. The quantitative estimate of drug-likeness (QED) is 0.877. The standard InChI is InChI=1S/C15H18N2O/c1-2-18-14-5-3-13(4-6-14)15(16)11-12-7-9-17-10-8-12/h3-10,15H,2,11,16H2,1H3. The van der Waals surface area contributed by atoms with Crippen molar-refractivity contribution < 1.29 is 4.74 Å². The van der Waals surface area contributed by atoms with Gasteiger partial charge in [0.05, 0.1) is 6.61 Å². The van der Waals surface area contributed by atoms with Crippen LogP contribution in [0, 0.1) is 0 Å². The minimum Gasteiger partial charge on any atom is -0.494 e. The van der Waals surface area contributed by atoms with Gasteiger partial charge >= 0.3 is 0 Å². The van der Waals surface area contributed by atoms with Crippen molar-refractivity contribution in [3.63, 3.8) is 0 Å². The van der Waals surface area contributed by atoms with Crippen molar-refractivity contribution in [2.24, 2.45) is 5.73 Å². The minimum atomic E-state index is 0.00285. The molecule has 94 valence electrons. The molecule has 1 aromatic carbocycles. The molecule has 2 N–H and O–H groups in total. The van der Waals surface area contributed by atoms with Crippen molar-refractivity contribution in [1.29, 1.82) is 0 Å². The van der Waals surface area contributed by atoms with Crippen molar-refractivity contribution in [1.82, 2.24) is 4.98 Å². The Balaban J connectivity index is 2.02. The van der Waals surface area contributed by atoms with Crippen LogP contribution < -0.4 is 10.5 Å². The number of benzene rings is 1. The van der Waals surface area contributed by atoms with E-state index >= 15 is 0 Å². The van der Waals surface area contributed by atoms with Gasteiger partial charge in [0.1, 0.15) is 5.75 Å². The maximum Gasteiger partial charge on any atom is 0.119 e. The number of nitrogens with two attached hydrogens (primary N) is 1. The molecule has 0 saturated carbocycles. The van der Waals surface area contributed by atoms with Crippen LogP contribution in [0.1, 0.15) is 24.1 Å². The number of pyridine rings is 1. The average molecular weight is 242 g/mol. The molecule has 1 atom stereocenters. The van der Waals surface area contributed by atoms with E-state index < -0.39 is 0 Å². The Bertz CT molecular complexity index is 468. The maximum atomic E-state index is 6.19. The lowest BCUT2D eigenvalue weighted by Crippen LogP contribution is -2.13. The first-order chi connectivity index (χ1) is 8.79. The largest absolute Gasteiger partial charge is 0.494 e. The van der Waals surface area contributed by atoms with Gasteiger partial charge in [-0.2, -0.15) is 0 Å². The summed E-state index contributed by atoms with van der Waals surface area (Å²) in [5.41, 5.74) is 8.51. The molecular weight excluding hydrogens is 224 g/mol. The van der Waals surface area contributed by atoms with Crippen LogP contribution in [0.15, 0.2) is 48.8 Å². The molecule has 3 nitrogen and oxygen atoms in total. The molecule has 18 heavy (non-hydrogen) atoms. The van der Waals surface area contributed by atoms with Crippen LogP contribution in [0.4, 0.5) is 0 Å². The second kappa shape index (κ2) is 6.17. The summed E-state index contributed by atoms with van der Waals surface area (Å²) in [4.78, 5) is 4.00. The van der Waals surface area contributed by atoms with Crippen LogP contribution in [-0.2, 0) is 6.42 Å². The van der Waals surface area contributed by atoms with Crippen LogP contribution in [0.25, 0.3) is 0 Å². The molecule has 0 aliphatic heterocycles. The van der Waals surface area contributed by atoms with E-state index in [9.17, 15) is 0 Å². The Morgan fingerprint density at radius 1 is 1.11 bits per heavy atom. The van der Waals surface area contributed by atoms with Crippen LogP contribution in [0.2, 0.25) is 0 Å². The van der Waals surface area contributed by atoms with Crippen LogP contribution in [-0.4, -0.2) is 11.6 Å². The van der Waals surface area contributed by atoms with Gasteiger partial charge < -0.3 is 10.5 Å². The topological polar surface area (TPSA) is 48.1 Å². The fourth-order valence-electron chi connectivity index (χ4n) is 1.87. The summed E-state index contributed by atoms with van der Waals surface area (Å²) >= 11 is 0. The third-order valence-corrected chi connectivity index (χ3v) is 2.82. The molecule has 2 aromatic rings. The fourth-order valence-corrected chi connectivity index (χ4v) is 1.87. The van der Waals surface area contributed by atoms with Crippen LogP contribution >= 0.6 is 0 Å². The Kier molecular flexibility index (Phi) is 4.31. The molecule has 1 unspecified atom stereocenters. The Labute approximate surface area is 108 Å². The zero-order chi connectivity index (χ0) is 12.8. The summed E-state index contributed by atoms with van der Waals surface area (Å²) in [5.74, 6) is 0.886. The van der Waals surface area contributed by atoms with Crippen molar-refractivity contribution >= 4 is 0 Å². The average Bonchev–Trinajstić information content (AvgIpc) is 2.41. The Morgan fingerprint density at radius 3 is 2.39 bits per heavy atom. The predicted octanol–water partition coefficient (Wildman–Crippen LogP) is 2.72. The molecular formula is C15H18N2O. The van der Waals surface area contributed by atoms with E-state index in [0.29, 0.717) is 6.61 Å². The van der Waals surface area contributed by atoms with Gasteiger partial charge in [-0.25, -0.2) is 0 Å². The first-order valence-electron chi connectivity index (χ1n) is 6.17. The van der Waals surface area contributed by atoms with Gasteiger partial charge in [-0.3, -0.25) is 4.98 Å². The van der Waals surface area contributed by atoms with Crippen molar-refractivity contribution in [3.8, 4) is 5.75 Å². The normalized spacial score (nSPS) is 12.1. The number of nitrogens with zero attached hydrogens (tertiary/aromatic N) is 1. The molecule has 0 aliphatic rings. The Morgan fingerprint density at radius 2 is 1.78 bits per heavy atom. The van der Waals surface area contributed by atoms with E-state index in [4.69, 9.17) is 10.5 Å². The van der Waals surface area contributed by atoms with E-state index in [1.54, 1.807) is 12.4 Å². The van der Waals surface area contributed by atoms with Gasteiger partial charge in [0.15, 0.2) is 0 Å². The van der Waals surface area contributed by atoms with Gasteiger partial charge in [-0.05, 0) is 48.7 Å². The summed E-state index contributed by atoms with van der Waals surface area (Å²) in [6.07, 6.45) is 4.40. The first-order valence-corrected chi connectivity index (χ1v) is 6.17. The third-order valence-electron chi connectivity index (χ3n) is 2.82. The first kappa shape index (κ1) is 12.6. The molecule has 0 amide bonds. The van der Waals surface area contributed by atoms with E-state index in [1.165, 1.54) is 5.56 Å². The lowest BCUT2D eigenvalue weighted by Gasteiger charge is -2.12. The van der Waals surface area contributed by atoms with Gasteiger partial charge in [0, 0.05) is 18.4 Å². The lowest BCUT2D eigenvalue weighted by atomic mass is 10.0. The minimum absolute atomic E-state index is 0.00285. The summed E-state index contributed by atoms with van der Waals surface area (Å²) in [6, 6.07) is 12.0. The molecule has 0 aliphatic carbocycles. The van der Waals surface area contributed by atoms with Gasteiger partial charge in [-0.1, -0.05) is 12.1 Å². The highest BCUT2D eigenvalue weighted by atomic mass is 16.5. The summed E-state index contributed by atoms with van der Waals surface area (Å²) < 4.78 is 5.41. The van der Waals surface area contributed by atoms with Crippen molar-refractivity contribution in [2.75, 3.05) is 6.61 Å². The molecule has 3 heteroatoms. The number of ether oxygens (including phenoxy) is 1. The fraction of sp³-hybridized carbons (Fsp3) is 0.267. The van der Waals surface area contributed by atoms with Crippen molar-refractivity contribution in [2.45, 2.75) is 19.4 Å². The van der Waals surface area contributed by atoms with Gasteiger partial charge in [0.2, 0.25) is 0 Å². The second-order valence-electron chi connectivity index (χ2n) is 4.17. The zero-order valence-electron chi connectivity index (χ0n) is 10.5. The number of aromatic nitrogens is 1. The molecule has 0 fully saturated rings. The lowest BCUT2D eigenvalue weighted by molar-refractivity contribution is 0.340. The highest BCUT2D eigenvalue weighted by Gasteiger charge is 2.07. The smallest absolute Gasteiger partial charge is 0.119 e. The highest BCUT2D eigenvalue weighted by Crippen LogP contribution is 2.19. The SMILES string of the molecule is CCOc1ccc(C(N)Cc2ccncc2)cc1. The summed E-state index contributed by atoms with van der Waals surface area (Å²) in [5, 5.41) is 0. The van der Waals surface area contributed by atoms with E-state index in [2.05, 4.69) is 4.98 Å². The highest BCUT2D eigenvalue weighted by molar-refractivity contribution is 5.30. The second-order valence-corrected chi connectivity index (χ2v) is 4.17. The number of hydrogen-bond donors (Lipinski definition) is 1. The predicted molar refractivity (Wildman–Crippen MR) is 72.5 cm³/mol. The zero-order valence-corrected chi connectivity index (χ0v) is 10.5.